The third-order valence-electron chi connectivity index (χ3n) is 4.04. The maximum absolute atomic E-state index is 11.1. The summed E-state index contributed by atoms with van der Waals surface area (Å²) in [4.78, 5) is 13.3. The van der Waals surface area contributed by atoms with Crippen molar-refractivity contribution in [1.82, 2.24) is 4.90 Å². The number of carboxylic acids is 1. The second kappa shape index (κ2) is 6.55. The number of hydrogen-bond acceptors (Lipinski definition) is 3. The van der Waals surface area contributed by atoms with Gasteiger partial charge in [0, 0.05) is 12.1 Å². The fourth-order valence-corrected chi connectivity index (χ4v) is 3.12. The van der Waals surface area contributed by atoms with E-state index in [9.17, 15) is 4.79 Å². The minimum absolute atomic E-state index is 0.272. The van der Waals surface area contributed by atoms with Crippen LogP contribution >= 0.6 is 11.6 Å². The minimum Gasteiger partial charge on any atom is -0.481 e. The Morgan fingerprint density at radius 3 is 2.91 bits per heavy atom. The van der Waals surface area contributed by atoms with Crippen molar-refractivity contribution in [3.8, 4) is 11.3 Å². The van der Waals surface area contributed by atoms with E-state index >= 15 is 0 Å². The van der Waals surface area contributed by atoms with Crippen LogP contribution in [-0.2, 0) is 11.3 Å². The molecule has 116 valence electrons. The number of carbonyl (C=O) groups is 1. The van der Waals surface area contributed by atoms with Crippen molar-refractivity contribution in [2.75, 3.05) is 13.1 Å². The molecule has 5 heteroatoms. The van der Waals surface area contributed by atoms with E-state index in [0.717, 1.165) is 36.5 Å². The molecule has 1 unspecified atom stereocenters. The highest BCUT2D eigenvalue weighted by atomic mass is 35.5. The molecule has 1 atom stereocenters. The Kier molecular flexibility index (Phi) is 4.50. The number of carboxylic acid groups (broad SMARTS) is 1. The Labute approximate surface area is 134 Å². The standard InChI is InChI=1S/C17H18ClNO3/c18-15-6-2-1-5-14(15)16-8-7-13(22-16)11-19-9-3-4-12(10-19)17(20)21/h1-2,5-8,12H,3-4,9-11H2,(H,20,21). The first-order chi connectivity index (χ1) is 10.6. The number of nitrogens with zero attached hydrogens (tertiary/aromatic N) is 1. The predicted octanol–water partition coefficient (Wildman–Crippen LogP) is 3.90. The van der Waals surface area contributed by atoms with E-state index in [4.69, 9.17) is 21.1 Å². The molecular formula is C17H18ClNO3. The van der Waals surface area contributed by atoms with Crippen molar-refractivity contribution in [2.45, 2.75) is 19.4 Å². The Bertz CT molecular complexity index is 667. The summed E-state index contributed by atoms with van der Waals surface area (Å²) in [6.45, 7) is 2.12. The van der Waals surface area contributed by atoms with Crippen LogP contribution in [0.1, 0.15) is 18.6 Å². The third kappa shape index (κ3) is 3.34. The van der Waals surface area contributed by atoms with Gasteiger partial charge in [-0.15, -0.1) is 0 Å². The number of halogens is 1. The molecule has 22 heavy (non-hydrogen) atoms. The van der Waals surface area contributed by atoms with Gasteiger partial charge in [0.2, 0.25) is 0 Å². The highest BCUT2D eigenvalue weighted by molar-refractivity contribution is 6.33. The molecule has 0 spiro atoms. The van der Waals surface area contributed by atoms with Gasteiger partial charge in [-0.05, 0) is 43.7 Å². The summed E-state index contributed by atoms with van der Waals surface area (Å²) in [5.74, 6) is 0.598. The van der Waals surface area contributed by atoms with Crippen LogP contribution in [-0.4, -0.2) is 29.1 Å². The molecule has 0 amide bonds. The van der Waals surface area contributed by atoms with Crippen molar-refractivity contribution < 1.29 is 14.3 Å². The number of aliphatic carboxylic acids is 1. The SMILES string of the molecule is O=C(O)C1CCCN(Cc2ccc(-c3ccccc3Cl)o2)C1. The maximum Gasteiger partial charge on any atom is 0.307 e. The Morgan fingerprint density at radius 2 is 2.14 bits per heavy atom. The summed E-state index contributed by atoms with van der Waals surface area (Å²) in [7, 11) is 0. The number of benzene rings is 1. The Balaban J connectivity index is 1.70. The quantitative estimate of drug-likeness (QED) is 0.928. The second-order valence-corrected chi connectivity index (χ2v) is 6.07. The highest BCUT2D eigenvalue weighted by Gasteiger charge is 2.25. The molecule has 0 bridgehead atoms. The minimum atomic E-state index is -0.707. The summed E-state index contributed by atoms with van der Waals surface area (Å²) < 4.78 is 5.88. The van der Waals surface area contributed by atoms with Gasteiger partial charge in [0.15, 0.2) is 0 Å². The molecule has 1 aliphatic heterocycles. The fourth-order valence-electron chi connectivity index (χ4n) is 2.89. The van der Waals surface area contributed by atoms with E-state index in [0.29, 0.717) is 18.1 Å². The summed E-state index contributed by atoms with van der Waals surface area (Å²) in [5, 5.41) is 9.80. The molecule has 1 aromatic carbocycles. The maximum atomic E-state index is 11.1. The smallest absolute Gasteiger partial charge is 0.307 e. The molecule has 0 radical (unpaired) electrons. The van der Waals surface area contributed by atoms with E-state index in [1.165, 1.54) is 0 Å². The lowest BCUT2D eigenvalue weighted by Gasteiger charge is -2.29. The van der Waals surface area contributed by atoms with Gasteiger partial charge in [-0.2, -0.15) is 0 Å². The van der Waals surface area contributed by atoms with Crippen LogP contribution in [0.25, 0.3) is 11.3 Å². The zero-order chi connectivity index (χ0) is 15.5. The van der Waals surface area contributed by atoms with Gasteiger partial charge in [0.25, 0.3) is 0 Å². The van der Waals surface area contributed by atoms with Crippen LogP contribution < -0.4 is 0 Å². The first-order valence-electron chi connectivity index (χ1n) is 7.42. The van der Waals surface area contributed by atoms with E-state index in [1.807, 2.05) is 36.4 Å². The summed E-state index contributed by atoms with van der Waals surface area (Å²) in [6.07, 6.45) is 1.67. The van der Waals surface area contributed by atoms with Crippen molar-refractivity contribution in [2.24, 2.45) is 5.92 Å². The normalized spacial score (nSPS) is 19.2. The van der Waals surface area contributed by atoms with Crippen LogP contribution in [0.15, 0.2) is 40.8 Å². The topological polar surface area (TPSA) is 53.7 Å². The van der Waals surface area contributed by atoms with E-state index in [2.05, 4.69) is 4.90 Å². The molecular weight excluding hydrogens is 302 g/mol. The van der Waals surface area contributed by atoms with E-state index in [-0.39, 0.29) is 5.92 Å². The van der Waals surface area contributed by atoms with Crippen LogP contribution in [0, 0.1) is 5.92 Å². The largest absolute Gasteiger partial charge is 0.481 e. The molecule has 1 N–H and O–H groups in total. The van der Waals surface area contributed by atoms with Crippen molar-refractivity contribution in [1.29, 1.82) is 0 Å². The summed E-state index contributed by atoms with van der Waals surface area (Å²) in [5.41, 5.74) is 0.873. The van der Waals surface area contributed by atoms with Gasteiger partial charge in [0.1, 0.15) is 11.5 Å². The number of piperidine rings is 1. The van der Waals surface area contributed by atoms with Gasteiger partial charge in [0.05, 0.1) is 17.5 Å². The lowest BCUT2D eigenvalue weighted by atomic mass is 9.98. The van der Waals surface area contributed by atoms with Gasteiger partial charge in [-0.3, -0.25) is 9.69 Å². The average Bonchev–Trinajstić information content (AvgIpc) is 2.96. The van der Waals surface area contributed by atoms with E-state index < -0.39 is 5.97 Å². The number of hydrogen-bond donors (Lipinski definition) is 1. The first-order valence-corrected chi connectivity index (χ1v) is 7.80. The van der Waals surface area contributed by atoms with Crippen molar-refractivity contribution in [3.63, 3.8) is 0 Å². The molecule has 1 aliphatic rings. The summed E-state index contributed by atoms with van der Waals surface area (Å²) >= 11 is 6.18. The molecule has 0 aliphatic carbocycles. The first kappa shape index (κ1) is 15.1. The average molecular weight is 320 g/mol. The second-order valence-electron chi connectivity index (χ2n) is 5.66. The van der Waals surface area contributed by atoms with Gasteiger partial charge in [-0.25, -0.2) is 0 Å². The van der Waals surface area contributed by atoms with Crippen molar-refractivity contribution in [3.05, 3.63) is 47.2 Å². The van der Waals surface area contributed by atoms with Gasteiger partial charge >= 0.3 is 5.97 Å². The number of furan rings is 1. The Morgan fingerprint density at radius 1 is 1.32 bits per heavy atom. The van der Waals surface area contributed by atoms with Gasteiger partial charge in [-0.1, -0.05) is 23.7 Å². The molecule has 2 aromatic rings. The van der Waals surface area contributed by atoms with Crippen LogP contribution in [0.2, 0.25) is 5.02 Å². The molecule has 2 heterocycles. The van der Waals surface area contributed by atoms with Gasteiger partial charge < -0.3 is 9.52 Å². The number of rotatable bonds is 4. The summed E-state index contributed by atoms with van der Waals surface area (Å²) in [6, 6.07) is 11.4. The van der Waals surface area contributed by atoms with Crippen LogP contribution in [0.3, 0.4) is 0 Å². The van der Waals surface area contributed by atoms with Crippen LogP contribution in [0.5, 0.6) is 0 Å². The molecule has 1 aromatic heterocycles. The fraction of sp³-hybridized carbons (Fsp3) is 0.353. The molecule has 0 saturated carbocycles. The predicted molar refractivity (Wildman–Crippen MR) is 84.8 cm³/mol. The zero-order valence-electron chi connectivity index (χ0n) is 12.2. The molecule has 4 nitrogen and oxygen atoms in total. The highest BCUT2D eigenvalue weighted by Crippen LogP contribution is 2.29. The monoisotopic (exact) mass is 319 g/mol. The lowest BCUT2D eigenvalue weighted by molar-refractivity contribution is -0.143. The molecule has 1 saturated heterocycles. The van der Waals surface area contributed by atoms with Crippen molar-refractivity contribution >= 4 is 17.6 Å². The zero-order valence-corrected chi connectivity index (χ0v) is 12.9. The number of likely N-dealkylation sites (tertiary alicyclic amines) is 1. The molecule has 3 rings (SSSR count). The lowest BCUT2D eigenvalue weighted by Crippen LogP contribution is -2.38. The molecule has 1 fully saturated rings. The third-order valence-corrected chi connectivity index (χ3v) is 4.36. The van der Waals surface area contributed by atoms with E-state index in [1.54, 1.807) is 0 Å². The Hall–Kier alpha value is -1.78. The van der Waals surface area contributed by atoms with Crippen LogP contribution in [0.4, 0.5) is 0 Å².